The number of carbonyl (C=O) groups is 3. The van der Waals surface area contributed by atoms with Crippen LogP contribution in [0, 0.1) is 0 Å². The topological polar surface area (TPSA) is 266 Å². The van der Waals surface area contributed by atoms with E-state index in [-0.39, 0.29) is 119 Å². The van der Waals surface area contributed by atoms with Gasteiger partial charge in [-0.3, -0.25) is 9.80 Å². The first-order valence-corrected chi connectivity index (χ1v) is 17.9. The fourth-order valence-corrected chi connectivity index (χ4v) is 6.61. The molecule has 6 N–H and O–H groups in total. The molecule has 4 heterocycles. The Morgan fingerprint density at radius 1 is 0.638 bits per heavy atom. The number of phenols is 2. The SMILES string of the molecule is CC(C)(C)OC(=O)N1Cc2nc(N)nc(-c3c(O)cc(Cl)cc3Cl)c2C1.CC(C)(C)OC(=O)N1Cc2nc(N)nc(-c3c(O)cc(Cl)cc3Cl)c2C1.O=C([O-])[O-].[Na+].[Na+]. The number of fused-ring (bicyclic) bond motifs is 2. The molecule has 0 spiro atoms. The van der Waals surface area contributed by atoms with Crippen molar-refractivity contribution in [2.24, 2.45) is 0 Å². The summed E-state index contributed by atoms with van der Waals surface area (Å²) >= 11 is 24.3. The van der Waals surface area contributed by atoms with Crippen LogP contribution in [0.2, 0.25) is 20.1 Å². The summed E-state index contributed by atoms with van der Waals surface area (Å²) in [5.41, 5.74) is 14.2. The number of halogens is 4. The number of ether oxygens (including phenoxy) is 2. The van der Waals surface area contributed by atoms with Gasteiger partial charge in [-0.1, -0.05) is 46.4 Å². The van der Waals surface area contributed by atoms with Gasteiger partial charge in [-0.2, -0.15) is 0 Å². The fourth-order valence-electron chi connectivity index (χ4n) is 5.46. The monoisotopic (exact) mass is 898 g/mol. The minimum Gasteiger partial charge on any atom is -0.652 e. The Morgan fingerprint density at radius 3 is 1.22 bits per heavy atom. The second-order valence-electron chi connectivity index (χ2n) is 14.2. The van der Waals surface area contributed by atoms with Gasteiger partial charge < -0.3 is 46.2 Å². The van der Waals surface area contributed by atoms with Gasteiger partial charge in [0, 0.05) is 21.2 Å². The van der Waals surface area contributed by atoms with E-state index in [1.54, 1.807) is 41.5 Å². The van der Waals surface area contributed by atoms with Crippen LogP contribution in [0.25, 0.3) is 22.5 Å². The molecule has 2 aromatic carbocycles. The van der Waals surface area contributed by atoms with E-state index >= 15 is 0 Å². The zero-order valence-electron chi connectivity index (χ0n) is 32.7. The predicted octanol–water partition coefficient (Wildman–Crippen LogP) is -0.461. The van der Waals surface area contributed by atoms with Crippen LogP contribution in [0.15, 0.2) is 24.3 Å². The van der Waals surface area contributed by atoms with E-state index < -0.39 is 29.5 Å². The summed E-state index contributed by atoms with van der Waals surface area (Å²) in [6.07, 6.45) is -3.27. The Labute approximate surface area is 397 Å². The van der Waals surface area contributed by atoms with Crippen molar-refractivity contribution < 1.29 is 103 Å². The van der Waals surface area contributed by atoms with Crippen LogP contribution in [0.5, 0.6) is 11.5 Å². The number of phenolic OH excluding ortho intramolecular Hbond substituents is 2. The Morgan fingerprint density at radius 2 is 0.948 bits per heavy atom. The molecule has 0 saturated heterocycles. The number of carbonyl (C=O) groups excluding carboxylic acids is 3. The predicted molar refractivity (Wildman–Crippen MR) is 203 cm³/mol. The molecule has 0 fully saturated rings. The molecule has 0 saturated carbocycles. The molecule has 6 rings (SSSR count). The Kier molecular flexibility index (Phi) is 17.9. The summed E-state index contributed by atoms with van der Waals surface area (Å²) in [5, 5.41) is 38.3. The van der Waals surface area contributed by atoms with Gasteiger partial charge in [0.1, 0.15) is 22.7 Å². The maximum absolute atomic E-state index is 12.4. The number of carboxylic acid groups (broad SMARTS) is 2. The third kappa shape index (κ3) is 13.4. The van der Waals surface area contributed by atoms with Crippen LogP contribution >= 0.6 is 46.4 Å². The molecule has 0 unspecified atom stereocenters. The first-order chi connectivity index (χ1) is 25.8. The van der Waals surface area contributed by atoms with Gasteiger partial charge in [0.05, 0.1) is 70.1 Å². The molecule has 0 bridgehead atoms. The molecule has 17 nitrogen and oxygen atoms in total. The number of aromatic nitrogens is 4. The van der Waals surface area contributed by atoms with Crippen molar-refractivity contribution in [3.05, 3.63) is 66.9 Å². The number of nitrogens with two attached hydrogens (primary N) is 2. The van der Waals surface area contributed by atoms with Crippen LogP contribution in [-0.2, 0) is 35.7 Å². The summed E-state index contributed by atoms with van der Waals surface area (Å²) in [6.45, 7) is 11.7. The van der Waals surface area contributed by atoms with Crippen LogP contribution in [0.3, 0.4) is 0 Å². The van der Waals surface area contributed by atoms with Crippen molar-refractivity contribution in [3.8, 4) is 34.0 Å². The number of anilines is 2. The van der Waals surface area contributed by atoms with E-state index in [1.807, 2.05) is 0 Å². The quantitative estimate of drug-likeness (QED) is 0.186. The zero-order chi connectivity index (χ0) is 42.0. The van der Waals surface area contributed by atoms with E-state index in [4.69, 9.17) is 82.4 Å². The van der Waals surface area contributed by atoms with Crippen LogP contribution < -0.4 is 80.8 Å². The average Bonchev–Trinajstić information content (AvgIpc) is 3.63. The molecule has 2 aliphatic rings. The Bertz CT molecular complexity index is 2010. The second kappa shape index (κ2) is 20.4. The molecule has 23 heteroatoms. The average molecular weight is 901 g/mol. The molecule has 2 amide bonds. The number of rotatable bonds is 2. The van der Waals surface area contributed by atoms with Crippen molar-refractivity contribution in [2.45, 2.75) is 78.9 Å². The van der Waals surface area contributed by atoms with Crippen molar-refractivity contribution >= 4 is 76.6 Å². The smallest absolute Gasteiger partial charge is 0.652 e. The molecule has 300 valence electrons. The van der Waals surface area contributed by atoms with E-state index in [1.165, 1.54) is 34.1 Å². The standard InChI is InChI=1S/2C17H18Cl2N4O3.CH2O3.2Na/c2*1-17(2,3)26-16(25)23-6-9-11(7-23)21-15(20)22-14(9)13-10(19)4-8(18)5-12(13)24;2-1(3)4;;/h2*4-5,24H,6-7H2,1-3H3,(H2,20,21,22);(H2,2,3,4);;/q;;;2*+1/p-2. The minimum atomic E-state index is -2.33. The maximum atomic E-state index is 12.4. The summed E-state index contributed by atoms with van der Waals surface area (Å²) in [6, 6.07) is 5.75. The minimum absolute atomic E-state index is 0. The maximum Gasteiger partial charge on any atom is 1.00 e. The number of benzene rings is 2. The molecule has 0 aliphatic carbocycles. The normalized spacial score (nSPS) is 12.7. The number of nitrogen functional groups attached to an aromatic ring is 2. The van der Waals surface area contributed by atoms with Gasteiger partial charge in [-0.25, -0.2) is 29.5 Å². The summed E-state index contributed by atoms with van der Waals surface area (Å²) < 4.78 is 10.8. The van der Waals surface area contributed by atoms with Gasteiger partial charge in [-0.05, 0) is 72.0 Å². The summed E-state index contributed by atoms with van der Waals surface area (Å²) in [4.78, 5) is 53.0. The molecular weight excluding hydrogens is 864 g/mol. The number of aromatic hydroxyl groups is 2. The molecular formula is C35H36Cl4N8Na2O9. The van der Waals surface area contributed by atoms with Gasteiger partial charge in [0.15, 0.2) is 0 Å². The molecule has 0 atom stereocenters. The Hall–Kier alpha value is -3.23. The largest absolute Gasteiger partial charge is 1.00 e. The summed E-state index contributed by atoms with van der Waals surface area (Å²) in [5.74, 6) is -0.206. The van der Waals surface area contributed by atoms with Gasteiger partial charge in [-0.15, -0.1) is 0 Å². The van der Waals surface area contributed by atoms with Crippen molar-refractivity contribution in [1.82, 2.24) is 29.7 Å². The van der Waals surface area contributed by atoms with E-state index in [9.17, 15) is 19.8 Å². The molecule has 58 heavy (non-hydrogen) atoms. The fraction of sp³-hybridized carbons (Fsp3) is 0.343. The van der Waals surface area contributed by atoms with Crippen LogP contribution in [0.4, 0.5) is 26.3 Å². The molecule has 2 aliphatic heterocycles. The third-order valence-electron chi connectivity index (χ3n) is 7.44. The molecule has 4 aromatic rings. The van der Waals surface area contributed by atoms with Crippen molar-refractivity contribution in [3.63, 3.8) is 0 Å². The number of nitrogens with zero attached hydrogens (tertiary/aromatic N) is 6. The number of amides is 2. The van der Waals surface area contributed by atoms with Crippen LogP contribution in [-0.4, -0.2) is 69.5 Å². The van der Waals surface area contributed by atoms with E-state index in [0.717, 1.165) is 0 Å². The first-order valence-electron chi connectivity index (χ1n) is 16.3. The van der Waals surface area contributed by atoms with Crippen LogP contribution in [0.1, 0.15) is 64.1 Å². The summed E-state index contributed by atoms with van der Waals surface area (Å²) in [7, 11) is 0. The van der Waals surface area contributed by atoms with Crippen molar-refractivity contribution in [1.29, 1.82) is 0 Å². The number of hydrogen-bond donors (Lipinski definition) is 4. The van der Waals surface area contributed by atoms with E-state index in [2.05, 4.69) is 19.9 Å². The van der Waals surface area contributed by atoms with Gasteiger partial charge >= 0.3 is 71.3 Å². The first kappa shape index (κ1) is 50.9. The van der Waals surface area contributed by atoms with Gasteiger partial charge in [0.25, 0.3) is 0 Å². The zero-order valence-corrected chi connectivity index (χ0v) is 39.8. The second-order valence-corrected chi connectivity index (χ2v) is 15.9. The molecule has 0 radical (unpaired) electrons. The number of hydrogen-bond acceptors (Lipinski definition) is 15. The third-order valence-corrected chi connectivity index (χ3v) is 8.48. The Balaban J connectivity index is 0.000000355. The van der Waals surface area contributed by atoms with Crippen molar-refractivity contribution in [2.75, 3.05) is 11.5 Å². The molecule has 2 aromatic heterocycles. The van der Waals surface area contributed by atoms with E-state index in [0.29, 0.717) is 55.1 Å². The van der Waals surface area contributed by atoms with Gasteiger partial charge in [0.2, 0.25) is 11.9 Å².